The molecule has 6 nitrogen and oxygen atoms in total. The van der Waals surface area contributed by atoms with Crippen LogP contribution < -0.4 is 5.32 Å². The Hall–Kier alpha value is -1.30. The van der Waals surface area contributed by atoms with Crippen LogP contribution in [0.4, 0.5) is 4.79 Å². The molecule has 112 valence electrons. The molecule has 2 N–H and O–H groups in total. The van der Waals surface area contributed by atoms with Gasteiger partial charge in [-0.3, -0.25) is 4.79 Å². The highest BCUT2D eigenvalue weighted by Crippen LogP contribution is 2.02. The number of aliphatic carboxylic acids is 1. The SMILES string of the molecule is CC(CCC(=O)O)NC(=O)N(CCN(C)C)C(C)C. The van der Waals surface area contributed by atoms with Gasteiger partial charge in [0.1, 0.15) is 0 Å². The van der Waals surface area contributed by atoms with Crippen LogP contribution >= 0.6 is 0 Å². The van der Waals surface area contributed by atoms with E-state index in [1.165, 1.54) is 0 Å². The van der Waals surface area contributed by atoms with Crippen LogP contribution in [-0.2, 0) is 4.79 Å². The number of carbonyl (C=O) groups excluding carboxylic acids is 1. The third kappa shape index (κ3) is 8.42. The zero-order valence-electron chi connectivity index (χ0n) is 12.6. The van der Waals surface area contributed by atoms with Crippen molar-refractivity contribution < 1.29 is 14.7 Å². The minimum Gasteiger partial charge on any atom is -0.481 e. The quantitative estimate of drug-likeness (QED) is 0.697. The molecule has 0 aliphatic rings. The highest BCUT2D eigenvalue weighted by molar-refractivity contribution is 5.75. The number of carbonyl (C=O) groups is 2. The molecule has 19 heavy (non-hydrogen) atoms. The van der Waals surface area contributed by atoms with E-state index < -0.39 is 5.97 Å². The van der Waals surface area contributed by atoms with E-state index in [-0.39, 0.29) is 24.5 Å². The van der Waals surface area contributed by atoms with Crippen LogP contribution in [0.3, 0.4) is 0 Å². The van der Waals surface area contributed by atoms with Gasteiger partial charge in [0, 0.05) is 31.6 Å². The lowest BCUT2D eigenvalue weighted by molar-refractivity contribution is -0.137. The van der Waals surface area contributed by atoms with Gasteiger partial charge in [0.2, 0.25) is 0 Å². The molecule has 0 aromatic heterocycles. The van der Waals surface area contributed by atoms with Gasteiger partial charge in [0.15, 0.2) is 0 Å². The second-order valence-electron chi connectivity index (χ2n) is 5.37. The van der Waals surface area contributed by atoms with E-state index in [2.05, 4.69) is 5.32 Å². The molecule has 0 bridgehead atoms. The number of amides is 2. The number of likely N-dealkylation sites (N-methyl/N-ethyl adjacent to an activating group) is 1. The first-order valence-electron chi connectivity index (χ1n) is 6.67. The fourth-order valence-corrected chi connectivity index (χ4v) is 1.61. The maximum absolute atomic E-state index is 12.1. The minimum atomic E-state index is -0.838. The first-order chi connectivity index (χ1) is 8.73. The van der Waals surface area contributed by atoms with Crippen molar-refractivity contribution in [3.8, 4) is 0 Å². The maximum atomic E-state index is 12.1. The van der Waals surface area contributed by atoms with E-state index in [4.69, 9.17) is 5.11 Å². The fraction of sp³-hybridized carbons (Fsp3) is 0.846. The number of nitrogens with one attached hydrogen (secondary N) is 1. The van der Waals surface area contributed by atoms with E-state index in [9.17, 15) is 9.59 Å². The molecule has 0 spiro atoms. The lowest BCUT2D eigenvalue weighted by Gasteiger charge is -2.29. The number of hydrogen-bond acceptors (Lipinski definition) is 3. The van der Waals surface area contributed by atoms with Crippen molar-refractivity contribution in [3.05, 3.63) is 0 Å². The van der Waals surface area contributed by atoms with Gasteiger partial charge in [-0.15, -0.1) is 0 Å². The van der Waals surface area contributed by atoms with Crippen molar-refractivity contribution in [1.29, 1.82) is 0 Å². The Morgan fingerprint density at radius 1 is 1.16 bits per heavy atom. The van der Waals surface area contributed by atoms with E-state index in [1.807, 2.05) is 39.8 Å². The van der Waals surface area contributed by atoms with Crippen LogP contribution in [0, 0.1) is 0 Å². The first-order valence-corrected chi connectivity index (χ1v) is 6.67. The summed E-state index contributed by atoms with van der Waals surface area (Å²) in [4.78, 5) is 26.4. The second kappa shape index (κ2) is 8.74. The molecule has 0 rings (SSSR count). The van der Waals surface area contributed by atoms with Crippen LogP contribution in [0.2, 0.25) is 0 Å². The second-order valence-corrected chi connectivity index (χ2v) is 5.37. The van der Waals surface area contributed by atoms with E-state index in [0.29, 0.717) is 13.0 Å². The summed E-state index contributed by atoms with van der Waals surface area (Å²) < 4.78 is 0. The number of carboxylic acids is 1. The van der Waals surface area contributed by atoms with Crippen LogP contribution in [0.5, 0.6) is 0 Å². The number of hydrogen-bond donors (Lipinski definition) is 2. The Bertz CT molecular complexity index is 293. The summed E-state index contributed by atoms with van der Waals surface area (Å²) in [6, 6.07) is -0.148. The first kappa shape index (κ1) is 17.7. The largest absolute Gasteiger partial charge is 0.481 e. The van der Waals surface area contributed by atoms with Gasteiger partial charge in [0.25, 0.3) is 0 Å². The number of carboxylic acid groups (broad SMARTS) is 1. The Morgan fingerprint density at radius 2 is 1.74 bits per heavy atom. The van der Waals surface area contributed by atoms with Gasteiger partial charge in [0.05, 0.1) is 0 Å². The van der Waals surface area contributed by atoms with Crippen molar-refractivity contribution in [3.63, 3.8) is 0 Å². The predicted molar refractivity (Wildman–Crippen MR) is 75.3 cm³/mol. The standard InChI is InChI=1S/C13H27N3O3/c1-10(2)16(9-8-15(4)5)13(19)14-11(3)6-7-12(17)18/h10-11H,6-9H2,1-5H3,(H,14,19)(H,17,18). The summed E-state index contributed by atoms with van der Waals surface area (Å²) in [6.45, 7) is 7.22. The van der Waals surface area contributed by atoms with Crippen molar-refractivity contribution >= 4 is 12.0 Å². The molecule has 6 heteroatoms. The van der Waals surface area contributed by atoms with Gasteiger partial charge < -0.3 is 20.2 Å². The van der Waals surface area contributed by atoms with Gasteiger partial charge in [-0.1, -0.05) is 0 Å². The molecular formula is C13H27N3O3. The predicted octanol–water partition coefficient (Wildman–Crippen LogP) is 1.22. The number of nitrogens with zero attached hydrogens (tertiary/aromatic N) is 2. The summed E-state index contributed by atoms with van der Waals surface area (Å²) in [6.07, 6.45) is 0.515. The summed E-state index contributed by atoms with van der Waals surface area (Å²) in [5, 5.41) is 11.5. The molecule has 0 radical (unpaired) electrons. The molecule has 2 amide bonds. The minimum absolute atomic E-state index is 0.0703. The number of rotatable bonds is 8. The third-order valence-corrected chi connectivity index (χ3v) is 2.83. The monoisotopic (exact) mass is 273 g/mol. The third-order valence-electron chi connectivity index (χ3n) is 2.83. The molecule has 0 aromatic rings. The lowest BCUT2D eigenvalue weighted by Crippen LogP contribution is -2.49. The van der Waals surface area contributed by atoms with Crippen molar-refractivity contribution in [2.45, 2.75) is 45.7 Å². The fourth-order valence-electron chi connectivity index (χ4n) is 1.61. The summed E-state index contributed by atoms with van der Waals surface area (Å²) in [5.41, 5.74) is 0. The molecule has 0 aliphatic carbocycles. The highest BCUT2D eigenvalue weighted by Gasteiger charge is 2.18. The van der Waals surface area contributed by atoms with Gasteiger partial charge >= 0.3 is 12.0 Å². The Balaban J connectivity index is 4.27. The lowest BCUT2D eigenvalue weighted by atomic mass is 10.2. The Kier molecular flexibility index (Phi) is 8.14. The van der Waals surface area contributed by atoms with E-state index in [0.717, 1.165) is 6.54 Å². The normalized spacial score (nSPS) is 12.6. The molecule has 0 saturated carbocycles. The van der Waals surface area contributed by atoms with Crippen LogP contribution in [-0.4, -0.2) is 66.2 Å². The average molecular weight is 273 g/mol. The van der Waals surface area contributed by atoms with Gasteiger partial charge in [-0.05, 0) is 41.3 Å². The average Bonchev–Trinajstić information content (AvgIpc) is 2.25. The topological polar surface area (TPSA) is 72.9 Å². The zero-order valence-corrected chi connectivity index (χ0v) is 12.6. The molecule has 0 fully saturated rings. The van der Waals surface area contributed by atoms with E-state index >= 15 is 0 Å². The summed E-state index contributed by atoms with van der Waals surface area (Å²) >= 11 is 0. The van der Waals surface area contributed by atoms with Crippen LogP contribution in [0.25, 0.3) is 0 Å². The molecule has 1 atom stereocenters. The number of urea groups is 1. The highest BCUT2D eigenvalue weighted by atomic mass is 16.4. The van der Waals surface area contributed by atoms with Crippen molar-refractivity contribution in [2.75, 3.05) is 27.2 Å². The Morgan fingerprint density at radius 3 is 2.16 bits per heavy atom. The maximum Gasteiger partial charge on any atom is 0.317 e. The summed E-state index contributed by atoms with van der Waals surface area (Å²) in [7, 11) is 3.93. The smallest absolute Gasteiger partial charge is 0.317 e. The van der Waals surface area contributed by atoms with Crippen LogP contribution in [0.1, 0.15) is 33.6 Å². The van der Waals surface area contributed by atoms with Crippen molar-refractivity contribution in [2.24, 2.45) is 0 Å². The molecule has 1 unspecified atom stereocenters. The van der Waals surface area contributed by atoms with Gasteiger partial charge in [-0.25, -0.2) is 4.79 Å². The molecule has 0 aromatic carbocycles. The Labute approximate surface area is 115 Å². The zero-order chi connectivity index (χ0) is 15.0. The van der Waals surface area contributed by atoms with E-state index in [1.54, 1.807) is 4.90 Å². The molecule has 0 heterocycles. The molecule has 0 aliphatic heterocycles. The van der Waals surface area contributed by atoms with Crippen molar-refractivity contribution in [1.82, 2.24) is 15.1 Å². The van der Waals surface area contributed by atoms with Crippen LogP contribution in [0.15, 0.2) is 0 Å². The van der Waals surface area contributed by atoms with Gasteiger partial charge in [-0.2, -0.15) is 0 Å². The molecular weight excluding hydrogens is 246 g/mol. The molecule has 0 saturated heterocycles. The summed E-state index contributed by atoms with van der Waals surface area (Å²) in [5.74, 6) is -0.838.